The van der Waals surface area contributed by atoms with Gasteiger partial charge in [0.15, 0.2) is 11.6 Å². The van der Waals surface area contributed by atoms with Gasteiger partial charge in [0.05, 0.1) is 33.1 Å². The summed E-state index contributed by atoms with van der Waals surface area (Å²) in [5.41, 5.74) is 11.0. The van der Waals surface area contributed by atoms with Crippen LogP contribution in [0.15, 0.2) is 101 Å². The summed E-state index contributed by atoms with van der Waals surface area (Å²) in [6, 6.07) is 26.7. The predicted molar refractivity (Wildman–Crippen MR) is 144 cm³/mol. The molecule has 3 aromatic carbocycles. The van der Waals surface area contributed by atoms with E-state index in [0.29, 0.717) is 0 Å². The third-order valence-corrected chi connectivity index (χ3v) is 6.74. The van der Waals surface area contributed by atoms with Gasteiger partial charge in [0, 0.05) is 17.3 Å². The maximum absolute atomic E-state index is 4.76. The van der Waals surface area contributed by atoms with E-state index in [4.69, 9.17) is 4.98 Å². The Labute approximate surface area is 209 Å². The summed E-state index contributed by atoms with van der Waals surface area (Å²) < 4.78 is 2.24. The fourth-order valence-corrected chi connectivity index (χ4v) is 4.99. The van der Waals surface area contributed by atoms with Crippen molar-refractivity contribution in [2.75, 3.05) is 0 Å². The number of benzene rings is 3. The van der Waals surface area contributed by atoms with Crippen molar-refractivity contribution < 1.29 is 0 Å². The zero-order valence-corrected chi connectivity index (χ0v) is 20.2. The van der Waals surface area contributed by atoms with Crippen LogP contribution in [0.5, 0.6) is 0 Å². The third kappa shape index (κ3) is 4.49. The quantitative estimate of drug-likeness (QED) is 0.290. The molecule has 0 saturated heterocycles. The van der Waals surface area contributed by atoms with Crippen LogP contribution < -0.4 is 0 Å². The lowest BCUT2D eigenvalue weighted by atomic mass is 10.2. The SMILES string of the molecule is c1ccc(Cn2c(-c3cscn3)nc3ccccc32)cc1.c1ccc2[nH]c(-c3cscn3)nc2c1. The van der Waals surface area contributed by atoms with Gasteiger partial charge in [-0.2, -0.15) is 0 Å². The molecule has 0 fully saturated rings. The number of aromatic amines is 1. The molecular weight excluding hydrogens is 472 g/mol. The number of imidazole rings is 2. The van der Waals surface area contributed by atoms with Crippen molar-refractivity contribution in [1.82, 2.24) is 29.5 Å². The van der Waals surface area contributed by atoms with E-state index in [1.807, 2.05) is 64.2 Å². The Balaban J connectivity index is 0.000000141. The van der Waals surface area contributed by atoms with Crippen LogP contribution in [-0.4, -0.2) is 29.5 Å². The number of para-hydroxylation sites is 4. The number of nitrogens with zero attached hydrogens (tertiary/aromatic N) is 5. The van der Waals surface area contributed by atoms with Gasteiger partial charge < -0.3 is 9.55 Å². The summed E-state index contributed by atoms with van der Waals surface area (Å²) in [5.74, 6) is 1.77. The molecule has 170 valence electrons. The van der Waals surface area contributed by atoms with E-state index < -0.39 is 0 Å². The van der Waals surface area contributed by atoms with Gasteiger partial charge in [-0.25, -0.2) is 19.9 Å². The number of H-pyrrole nitrogens is 1. The van der Waals surface area contributed by atoms with Gasteiger partial charge in [0.1, 0.15) is 11.4 Å². The monoisotopic (exact) mass is 492 g/mol. The number of thiazole rings is 2. The Morgan fingerprint density at radius 1 is 0.686 bits per heavy atom. The van der Waals surface area contributed by atoms with Crippen molar-refractivity contribution in [2.45, 2.75) is 6.54 Å². The van der Waals surface area contributed by atoms with E-state index in [1.165, 1.54) is 5.56 Å². The summed E-state index contributed by atoms with van der Waals surface area (Å²) in [6.45, 7) is 0.800. The highest BCUT2D eigenvalue weighted by atomic mass is 32.1. The summed E-state index contributed by atoms with van der Waals surface area (Å²) >= 11 is 3.17. The van der Waals surface area contributed by atoms with Crippen LogP contribution in [0.2, 0.25) is 0 Å². The molecule has 0 aliphatic heterocycles. The Morgan fingerprint density at radius 3 is 2.11 bits per heavy atom. The number of hydrogen-bond donors (Lipinski definition) is 1. The maximum atomic E-state index is 4.76. The number of rotatable bonds is 4. The van der Waals surface area contributed by atoms with Crippen LogP contribution in [0.3, 0.4) is 0 Å². The first kappa shape index (κ1) is 21.4. The molecule has 4 heterocycles. The first-order chi connectivity index (χ1) is 17.3. The van der Waals surface area contributed by atoms with Gasteiger partial charge in [-0.05, 0) is 29.8 Å². The van der Waals surface area contributed by atoms with Gasteiger partial charge >= 0.3 is 0 Å². The van der Waals surface area contributed by atoms with Crippen molar-refractivity contribution >= 4 is 44.7 Å². The van der Waals surface area contributed by atoms with Gasteiger partial charge in [-0.15, -0.1) is 22.7 Å². The highest BCUT2D eigenvalue weighted by Gasteiger charge is 2.14. The van der Waals surface area contributed by atoms with Crippen LogP contribution in [0.1, 0.15) is 5.56 Å². The van der Waals surface area contributed by atoms with E-state index in [-0.39, 0.29) is 0 Å². The second kappa shape index (κ2) is 9.61. The molecule has 4 aromatic heterocycles. The first-order valence-corrected chi connectivity index (χ1v) is 12.9. The smallest absolute Gasteiger partial charge is 0.160 e. The molecule has 0 aliphatic rings. The summed E-state index contributed by atoms with van der Waals surface area (Å²) in [4.78, 5) is 21.1. The van der Waals surface area contributed by atoms with Gasteiger partial charge in [0.2, 0.25) is 0 Å². The fraction of sp³-hybridized carbons (Fsp3) is 0.0370. The standard InChI is InChI=1S/C17H13N3S.C10H7N3S/c1-2-6-13(7-3-1)10-20-16-9-5-4-8-14(16)19-17(20)15-11-21-12-18-15;1-2-4-8-7(3-1)12-10(13-8)9-5-14-6-11-9/h1-9,11-12H,10H2;1-6H,(H,12,13). The van der Waals surface area contributed by atoms with Crippen molar-refractivity contribution in [3.8, 4) is 23.0 Å². The van der Waals surface area contributed by atoms with Gasteiger partial charge in [0.25, 0.3) is 0 Å². The van der Waals surface area contributed by atoms with E-state index in [2.05, 4.69) is 60.9 Å². The molecule has 0 spiro atoms. The molecule has 6 nitrogen and oxygen atoms in total. The molecule has 7 aromatic rings. The molecule has 0 saturated carbocycles. The zero-order chi connectivity index (χ0) is 23.5. The van der Waals surface area contributed by atoms with Crippen LogP contribution in [0.25, 0.3) is 45.1 Å². The normalized spacial score (nSPS) is 11.0. The van der Waals surface area contributed by atoms with Crippen molar-refractivity contribution in [2.24, 2.45) is 0 Å². The Hall–Kier alpha value is -4.14. The zero-order valence-electron chi connectivity index (χ0n) is 18.6. The topological polar surface area (TPSA) is 72.3 Å². The molecule has 8 heteroatoms. The highest BCUT2D eigenvalue weighted by Crippen LogP contribution is 2.25. The molecule has 0 aliphatic carbocycles. The second-order valence-corrected chi connectivity index (χ2v) is 9.28. The third-order valence-electron chi connectivity index (χ3n) is 5.56. The fourth-order valence-electron chi connectivity index (χ4n) is 3.92. The van der Waals surface area contributed by atoms with E-state index in [0.717, 1.165) is 51.6 Å². The van der Waals surface area contributed by atoms with Crippen LogP contribution in [-0.2, 0) is 6.54 Å². The maximum Gasteiger partial charge on any atom is 0.160 e. The number of aromatic nitrogens is 6. The van der Waals surface area contributed by atoms with Crippen molar-refractivity contribution in [3.05, 3.63) is 106 Å². The minimum atomic E-state index is 0.800. The molecular formula is C27H20N6S2. The molecule has 0 radical (unpaired) electrons. The Kier molecular flexibility index (Phi) is 5.88. The minimum Gasteiger partial charge on any atom is -0.337 e. The lowest BCUT2D eigenvalue weighted by molar-refractivity contribution is 0.831. The lowest BCUT2D eigenvalue weighted by Crippen LogP contribution is -2.02. The predicted octanol–water partition coefficient (Wildman–Crippen LogP) is 6.89. The van der Waals surface area contributed by atoms with E-state index in [1.54, 1.807) is 22.7 Å². The average molecular weight is 493 g/mol. The summed E-state index contributed by atoms with van der Waals surface area (Å²) in [6.07, 6.45) is 0. The molecule has 0 atom stereocenters. The lowest BCUT2D eigenvalue weighted by Gasteiger charge is -2.08. The average Bonchev–Trinajstić information content (AvgIpc) is 3.71. The van der Waals surface area contributed by atoms with Gasteiger partial charge in [-0.3, -0.25) is 0 Å². The van der Waals surface area contributed by atoms with Crippen molar-refractivity contribution in [3.63, 3.8) is 0 Å². The summed E-state index contributed by atoms with van der Waals surface area (Å²) in [5, 5.41) is 4.03. The van der Waals surface area contributed by atoms with Crippen molar-refractivity contribution in [1.29, 1.82) is 0 Å². The van der Waals surface area contributed by atoms with Crippen LogP contribution in [0, 0.1) is 0 Å². The van der Waals surface area contributed by atoms with E-state index in [9.17, 15) is 0 Å². The molecule has 0 amide bonds. The Bertz CT molecular complexity index is 1630. The largest absolute Gasteiger partial charge is 0.337 e. The molecule has 7 rings (SSSR count). The van der Waals surface area contributed by atoms with Crippen LogP contribution >= 0.6 is 22.7 Å². The van der Waals surface area contributed by atoms with Gasteiger partial charge in [-0.1, -0.05) is 54.6 Å². The number of fused-ring (bicyclic) bond motifs is 2. The highest BCUT2D eigenvalue weighted by molar-refractivity contribution is 7.08. The molecule has 0 bridgehead atoms. The Morgan fingerprint density at radius 2 is 1.37 bits per heavy atom. The first-order valence-electron chi connectivity index (χ1n) is 11.1. The summed E-state index contributed by atoms with van der Waals surface area (Å²) in [7, 11) is 0. The number of nitrogens with one attached hydrogen (secondary N) is 1. The molecule has 1 N–H and O–H groups in total. The molecule has 35 heavy (non-hydrogen) atoms. The van der Waals surface area contributed by atoms with Crippen LogP contribution in [0.4, 0.5) is 0 Å². The molecule has 0 unspecified atom stereocenters. The number of hydrogen-bond acceptors (Lipinski definition) is 6. The minimum absolute atomic E-state index is 0.800. The van der Waals surface area contributed by atoms with E-state index >= 15 is 0 Å². The second-order valence-electron chi connectivity index (χ2n) is 7.85.